The number of para-hydroxylation sites is 1. The molecule has 120 valence electrons. The molecule has 0 saturated heterocycles. The van der Waals surface area contributed by atoms with Crippen molar-refractivity contribution in [2.24, 2.45) is 0 Å². The molecule has 0 aliphatic carbocycles. The molecule has 23 heavy (non-hydrogen) atoms. The number of hydrogen-bond donors (Lipinski definition) is 1. The standard InChI is InChI=1S/C16H18N4O3/c1-16(2,3)15-18-13(20-23-15)9-17-14(21)8-11-10-6-4-5-7-12(10)22-19-11/h4-7H,8-9H2,1-3H3,(H,17,21). The molecular formula is C16H18N4O3. The average Bonchev–Trinajstić information content (AvgIpc) is 3.12. The summed E-state index contributed by atoms with van der Waals surface area (Å²) in [6.07, 6.45) is 0.140. The Balaban J connectivity index is 1.61. The normalized spacial score (nSPS) is 11.8. The zero-order chi connectivity index (χ0) is 16.4. The molecule has 1 aromatic carbocycles. The third kappa shape index (κ3) is 3.39. The van der Waals surface area contributed by atoms with Gasteiger partial charge in [0.15, 0.2) is 11.4 Å². The van der Waals surface area contributed by atoms with Crippen LogP contribution in [0, 0.1) is 0 Å². The fourth-order valence-corrected chi connectivity index (χ4v) is 2.09. The molecule has 0 saturated carbocycles. The SMILES string of the molecule is CC(C)(C)c1nc(CNC(=O)Cc2noc3ccccc23)no1. The molecule has 0 unspecified atom stereocenters. The van der Waals surface area contributed by atoms with Crippen molar-refractivity contribution >= 4 is 16.9 Å². The van der Waals surface area contributed by atoms with Crippen LogP contribution in [-0.2, 0) is 23.2 Å². The van der Waals surface area contributed by atoms with Gasteiger partial charge in [-0.05, 0) is 12.1 Å². The second-order valence-electron chi connectivity index (χ2n) is 6.34. The van der Waals surface area contributed by atoms with E-state index >= 15 is 0 Å². The molecule has 2 heterocycles. The summed E-state index contributed by atoms with van der Waals surface area (Å²) in [5.41, 5.74) is 1.07. The lowest BCUT2D eigenvalue weighted by Crippen LogP contribution is -2.25. The van der Waals surface area contributed by atoms with Crippen LogP contribution in [-0.4, -0.2) is 21.2 Å². The second-order valence-corrected chi connectivity index (χ2v) is 6.34. The predicted octanol–water partition coefficient (Wildman–Crippen LogP) is 2.37. The summed E-state index contributed by atoms with van der Waals surface area (Å²) in [6, 6.07) is 7.44. The smallest absolute Gasteiger partial charge is 0.232 e. The van der Waals surface area contributed by atoms with Gasteiger partial charge in [-0.1, -0.05) is 43.2 Å². The van der Waals surface area contributed by atoms with Gasteiger partial charge in [-0.25, -0.2) is 0 Å². The molecule has 0 fully saturated rings. The van der Waals surface area contributed by atoms with E-state index in [4.69, 9.17) is 9.05 Å². The van der Waals surface area contributed by atoms with Gasteiger partial charge in [-0.15, -0.1) is 0 Å². The fraction of sp³-hybridized carbons (Fsp3) is 0.375. The van der Waals surface area contributed by atoms with E-state index in [1.165, 1.54) is 0 Å². The first kappa shape index (κ1) is 15.2. The van der Waals surface area contributed by atoms with E-state index in [-0.39, 0.29) is 24.3 Å². The number of amides is 1. The highest BCUT2D eigenvalue weighted by Crippen LogP contribution is 2.20. The van der Waals surface area contributed by atoms with Gasteiger partial charge in [0, 0.05) is 10.8 Å². The van der Waals surface area contributed by atoms with Gasteiger partial charge in [0.2, 0.25) is 11.8 Å². The minimum absolute atomic E-state index is 0.140. The Morgan fingerprint density at radius 2 is 1.96 bits per heavy atom. The lowest BCUT2D eigenvalue weighted by Gasteiger charge is -2.10. The highest BCUT2D eigenvalue weighted by Gasteiger charge is 2.22. The van der Waals surface area contributed by atoms with E-state index in [9.17, 15) is 4.79 Å². The maximum absolute atomic E-state index is 12.1. The van der Waals surface area contributed by atoms with Gasteiger partial charge < -0.3 is 14.4 Å². The molecule has 1 N–H and O–H groups in total. The van der Waals surface area contributed by atoms with E-state index in [0.717, 1.165) is 5.39 Å². The van der Waals surface area contributed by atoms with Crippen LogP contribution in [0.1, 0.15) is 38.2 Å². The molecule has 0 radical (unpaired) electrons. The third-order valence-electron chi connectivity index (χ3n) is 3.33. The van der Waals surface area contributed by atoms with Gasteiger partial charge in [0.05, 0.1) is 13.0 Å². The Hall–Kier alpha value is -2.70. The molecule has 3 aromatic rings. The Labute approximate surface area is 133 Å². The molecule has 2 aromatic heterocycles. The number of benzene rings is 1. The van der Waals surface area contributed by atoms with Crippen molar-refractivity contribution in [1.82, 2.24) is 20.6 Å². The van der Waals surface area contributed by atoms with Crippen LogP contribution in [0.25, 0.3) is 11.0 Å². The highest BCUT2D eigenvalue weighted by atomic mass is 16.5. The van der Waals surface area contributed by atoms with E-state index in [2.05, 4.69) is 20.6 Å². The van der Waals surface area contributed by atoms with Crippen molar-refractivity contribution in [1.29, 1.82) is 0 Å². The van der Waals surface area contributed by atoms with E-state index in [1.54, 1.807) is 0 Å². The van der Waals surface area contributed by atoms with Crippen LogP contribution in [0.4, 0.5) is 0 Å². The molecule has 7 nitrogen and oxygen atoms in total. The van der Waals surface area contributed by atoms with Gasteiger partial charge in [0.25, 0.3) is 0 Å². The van der Waals surface area contributed by atoms with E-state index in [1.807, 2.05) is 45.0 Å². The van der Waals surface area contributed by atoms with Crippen molar-refractivity contribution in [3.63, 3.8) is 0 Å². The van der Waals surface area contributed by atoms with Gasteiger partial charge in [0.1, 0.15) is 5.69 Å². The van der Waals surface area contributed by atoms with Gasteiger partial charge in [-0.2, -0.15) is 4.98 Å². The molecule has 1 amide bonds. The van der Waals surface area contributed by atoms with Crippen molar-refractivity contribution < 1.29 is 13.8 Å². The zero-order valence-electron chi connectivity index (χ0n) is 13.3. The Morgan fingerprint density at radius 3 is 2.70 bits per heavy atom. The summed E-state index contributed by atoms with van der Waals surface area (Å²) in [5.74, 6) is 0.823. The summed E-state index contributed by atoms with van der Waals surface area (Å²) in [6.45, 7) is 6.17. The van der Waals surface area contributed by atoms with Crippen molar-refractivity contribution in [3.8, 4) is 0 Å². The summed E-state index contributed by atoms with van der Waals surface area (Å²) >= 11 is 0. The summed E-state index contributed by atoms with van der Waals surface area (Å²) in [5, 5.41) is 11.4. The van der Waals surface area contributed by atoms with Gasteiger partial charge >= 0.3 is 0 Å². The van der Waals surface area contributed by atoms with Crippen molar-refractivity contribution in [2.75, 3.05) is 0 Å². The monoisotopic (exact) mass is 314 g/mol. The molecule has 7 heteroatoms. The summed E-state index contributed by atoms with van der Waals surface area (Å²) in [4.78, 5) is 16.3. The van der Waals surface area contributed by atoms with Crippen LogP contribution >= 0.6 is 0 Å². The van der Waals surface area contributed by atoms with E-state index < -0.39 is 0 Å². The van der Waals surface area contributed by atoms with Crippen LogP contribution < -0.4 is 5.32 Å². The van der Waals surface area contributed by atoms with Crippen molar-refractivity contribution in [2.45, 2.75) is 39.2 Å². The quantitative estimate of drug-likeness (QED) is 0.794. The maximum Gasteiger partial charge on any atom is 0.232 e. The second kappa shape index (κ2) is 5.83. The van der Waals surface area contributed by atoms with Crippen molar-refractivity contribution in [3.05, 3.63) is 41.7 Å². The number of rotatable bonds is 4. The summed E-state index contributed by atoms with van der Waals surface area (Å²) in [7, 11) is 0. The summed E-state index contributed by atoms with van der Waals surface area (Å²) < 4.78 is 10.4. The molecule has 0 bridgehead atoms. The van der Waals surface area contributed by atoms with E-state index in [0.29, 0.717) is 23.0 Å². The average molecular weight is 314 g/mol. The number of fused-ring (bicyclic) bond motifs is 1. The number of carbonyl (C=O) groups is 1. The van der Waals surface area contributed by atoms with Crippen LogP contribution in [0.3, 0.4) is 0 Å². The Bertz CT molecular complexity index is 829. The molecule has 3 rings (SSSR count). The first-order valence-electron chi connectivity index (χ1n) is 7.36. The maximum atomic E-state index is 12.1. The Kier molecular flexibility index (Phi) is 3.85. The number of aromatic nitrogens is 3. The minimum Gasteiger partial charge on any atom is -0.356 e. The first-order chi connectivity index (χ1) is 10.9. The number of hydrogen-bond acceptors (Lipinski definition) is 6. The fourth-order valence-electron chi connectivity index (χ4n) is 2.09. The lowest BCUT2D eigenvalue weighted by molar-refractivity contribution is -0.120. The Morgan fingerprint density at radius 1 is 1.17 bits per heavy atom. The first-order valence-corrected chi connectivity index (χ1v) is 7.36. The number of nitrogens with one attached hydrogen (secondary N) is 1. The molecule has 0 aliphatic rings. The predicted molar refractivity (Wildman–Crippen MR) is 82.6 cm³/mol. The molecule has 0 atom stereocenters. The third-order valence-corrected chi connectivity index (χ3v) is 3.33. The minimum atomic E-state index is -0.213. The largest absolute Gasteiger partial charge is 0.356 e. The van der Waals surface area contributed by atoms with Crippen LogP contribution in [0.5, 0.6) is 0 Å². The van der Waals surface area contributed by atoms with Crippen LogP contribution in [0.15, 0.2) is 33.3 Å². The number of carbonyl (C=O) groups excluding carboxylic acids is 1. The number of nitrogens with zero attached hydrogens (tertiary/aromatic N) is 3. The van der Waals surface area contributed by atoms with Crippen LogP contribution in [0.2, 0.25) is 0 Å². The molecule has 0 spiro atoms. The topological polar surface area (TPSA) is 94.1 Å². The molecular weight excluding hydrogens is 296 g/mol. The lowest BCUT2D eigenvalue weighted by atomic mass is 9.97. The zero-order valence-corrected chi connectivity index (χ0v) is 13.3. The molecule has 0 aliphatic heterocycles. The highest BCUT2D eigenvalue weighted by molar-refractivity contribution is 5.86. The van der Waals surface area contributed by atoms with Gasteiger partial charge in [-0.3, -0.25) is 4.79 Å².